The van der Waals surface area contributed by atoms with Gasteiger partial charge in [-0.15, -0.1) is 13.2 Å². The standard InChI is InChI=1S/C12H15F3N2O2S/c1-20-6-5-10(16)11(18)17-8-3-2-4-9(7-8)19-12(13,14)15/h2-4,7,10H,5-6,16H2,1H3,(H,17,18). The second-order valence-electron chi connectivity index (χ2n) is 3.95. The minimum absolute atomic E-state index is 0.205. The van der Waals surface area contributed by atoms with Crippen molar-refractivity contribution in [3.63, 3.8) is 0 Å². The Hall–Kier alpha value is -1.41. The van der Waals surface area contributed by atoms with Crippen LogP contribution in [0.3, 0.4) is 0 Å². The maximum atomic E-state index is 12.1. The number of alkyl halides is 3. The van der Waals surface area contributed by atoms with Crippen LogP contribution in [0.2, 0.25) is 0 Å². The summed E-state index contributed by atoms with van der Waals surface area (Å²) < 4.78 is 40.0. The normalized spacial score (nSPS) is 12.8. The van der Waals surface area contributed by atoms with Gasteiger partial charge in [-0.3, -0.25) is 4.79 Å². The van der Waals surface area contributed by atoms with Crippen LogP contribution in [-0.2, 0) is 4.79 Å². The molecule has 1 aromatic rings. The molecule has 112 valence electrons. The molecule has 0 bridgehead atoms. The Balaban J connectivity index is 2.64. The zero-order valence-electron chi connectivity index (χ0n) is 10.7. The Morgan fingerprint density at radius 2 is 2.20 bits per heavy atom. The molecular formula is C12H15F3N2O2S. The number of anilines is 1. The second kappa shape index (κ2) is 7.39. The summed E-state index contributed by atoms with van der Waals surface area (Å²) in [5.74, 6) is -0.109. The Bertz CT molecular complexity index is 455. The molecule has 1 amide bonds. The van der Waals surface area contributed by atoms with Gasteiger partial charge in [0.05, 0.1) is 6.04 Å². The van der Waals surface area contributed by atoms with E-state index in [9.17, 15) is 18.0 Å². The number of rotatable bonds is 6. The van der Waals surface area contributed by atoms with Gasteiger partial charge in [0.1, 0.15) is 5.75 Å². The number of nitrogens with one attached hydrogen (secondary N) is 1. The lowest BCUT2D eigenvalue weighted by atomic mass is 10.2. The molecule has 1 atom stereocenters. The van der Waals surface area contributed by atoms with Crippen molar-refractivity contribution < 1.29 is 22.7 Å². The predicted octanol–water partition coefficient (Wildman–Crippen LogP) is 2.60. The molecule has 1 aromatic carbocycles. The highest BCUT2D eigenvalue weighted by Gasteiger charge is 2.31. The molecule has 1 unspecified atom stereocenters. The molecule has 0 saturated heterocycles. The molecule has 3 N–H and O–H groups in total. The van der Waals surface area contributed by atoms with Crippen molar-refractivity contribution in [3.05, 3.63) is 24.3 Å². The second-order valence-corrected chi connectivity index (χ2v) is 4.94. The molecule has 0 fully saturated rings. The summed E-state index contributed by atoms with van der Waals surface area (Å²) in [6, 6.07) is 4.35. The van der Waals surface area contributed by atoms with E-state index < -0.39 is 24.1 Å². The lowest BCUT2D eigenvalue weighted by molar-refractivity contribution is -0.274. The number of hydrogen-bond donors (Lipinski definition) is 2. The van der Waals surface area contributed by atoms with Crippen LogP contribution in [0.4, 0.5) is 18.9 Å². The first-order valence-corrected chi connectivity index (χ1v) is 7.12. The van der Waals surface area contributed by atoms with Crippen molar-refractivity contribution in [1.29, 1.82) is 0 Å². The fourth-order valence-electron chi connectivity index (χ4n) is 1.38. The number of hydrogen-bond acceptors (Lipinski definition) is 4. The molecule has 1 rings (SSSR count). The van der Waals surface area contributed by atoms with E-state index in [1.807, 2.05) is 6.26 Å². The highest BCUT2D eigenvalue weighted by Crippen LogP contribution is 2.25. The van der Waals surface area contributed by atoms with Crippen LogP contribution in [0, 0.1) is 0 Å². The van der Waals surface area contributed by atoms with E-state index in [-0.39, 0.29) is 5.69 Å². The summed E-state index contributed by atoms with van der Waals surface area (Å²) in [4.78, 5) is 11.7. The number of carbonyl (C=O) groups excluding carboxylic acids is 1. The van der Waals surface area contributed by atoms with Crippen LogP contribution in [0.5, 0.6) is 5.75 Å². The minimum atomic E-state index is -4.77. The largest absolute Gasteiger partial charge is 0.573 e. The van der Waals surface area contributed by atoms with Gasteiger partial charge < -0.3 is 15.8 Å². The number of nitrogens with two attached hydrogens (primary N) is 1. The summed E-state index contributed by atoms with van der Waals surface area (Å²) in [6.45, 7) is 0. The molecule has 0 aromatic heterocycles. The van der Waals surface area contributed by atoms with Crippen molar-refractivity contribution in [1.82, 2.24) is 0 Å². The van der Waals surface area contributed by atoms with Crippen LogP contribution >= 0.6 is 11.8 Å². The molecule has 0 aliphatic rings. The number of carbonyl (C=O) groups is 1. The predicted molar refractivity (Wildman–Crippen MR) is 72.7 cm³/mol. The van der Waals surface area contributed by atoms with Crippen molar-refractivity contribution >= 4 is 23.4 Å². The number of ether oxygens (including phenoxy) is 1. The molecule has 0 heterocycles. The van der Waals surface area contributed by atoms with Gasteiger partial charge in [-0.1, -0.05) is 6.07 Å². The lowest BCUT2D eigenvalue weighted by Gasteiger charge is -2.13. The minimum Gasteiger partial charge on any atom is -0.406 e. The van der Waals surface area contributed by atoms with E-state index in [4.69, 9.17) is 5.73 Å². The SMILES string of the molecule is CSCCC(N)C(=O)Nc1cccc(OC(F)(F)F)c1. The number of benzene rings is 1. The van der Waals surface area contributed by atoms with Crippen LogP contribution in [0.15, 0.2) is 24.3 Å². The average Bonchev–Trinajstić information content (AvgIpc) is 2.34. The molecule has 0 spiro atoms. The zero-order chi connectivity index (χ0) is 15.2. The summed E-state index contributed by atoms with van der Waals surface area (Å²) in [6.07, 6.45) is -2.38. The molecule has 20 heavy (non-hydrogen) atoms. The smallest absolute Gasteiger partial charge is 0.406 e. The van der Waals surface area contributed by atoms with E-state index in [0.29, 0.717) is 6.42 Å². The van der Waals surface area contributed by atoms with Crippen molar-refractivity contribution in [3.8, 4) is 5.75 Å². The summed E-state index contributed by atoms with van der Waals surface area (Å²) in [7, 11) is 0. The fraction of sp³-hybridized carbons (Fsp3) is 0.417. The van der Waals surface area contributed by atoms with Crippen LogP contribution in [0.1, 0.15) is 6.42 Å². The average molecular weight is 308 g/mol. The molecule has 0 radical (unpaired) electrons. The summed E-state index contributed by atoms with van der Waals surface area (Å²) in [5, 5.41) is 2.46. The van der Waals surface area contributed by atoms with Gasteiger partial charge in [-0.2, -0.15) is 11.8 Å². The molecule has 4 nitrogen and oxygen atoms in total. The van der Waals surface area contributed by atoms with Gasteiger partial charge in [0.15, 0.2) is 0 Å². The van der Waals surface area contributed by atoms with Gasteiger partial charge in [0.25, 0.3) is 0 Å². The van der Waals surface area contributed by atoms with Crippen LogP contribution in [-0.4, -0.2) is 30.3 Å². The van der Waals surface area contributed by atoms with E-state index in [1.54, 1.807) is 11.8 Å². The molecule has 8 heteroatoms. The van der Waals surface area contributed by atoms with E-state index in [0.717, 1.165) is 17.9 Å². The van der Waals surface area contributed by atoms with Gasteiger partial charge in [-0.25, -0.2) is 0 Å². The maximum Gasteiger partial charge on any atom is 0.573 e. The van der Waals surface area contributed by atoms with E-state index in [1.165, 1.54) is 12.1 Å². The summed E-state index contributed by atoms with van der Waals surface area (Å²) >= 11 is 1.56. The van der Waals surface area contributed by atoms with Crippen molar-refractivity contribution in [2.24, 2.45) is 5.73 Å². The zero-order valence-corrected chi connectivity index (χ0v) is 11.6. The number of thioether (sulfide) groups is 1. The third-order valence-corrected chi connectivity index (χ3v) is 2.95. The van der Waals surface area contributed by atoms with Crippen LogP contribution in [0.25, 0.3) is 0 Å². The Kier molecular flexibility index (Phi) is 6.15. The number of halogens is 3. The van der Waals surface area contributed by atoms with E-state index >= 15 is 0 Å². The van der Waals surface area contributed by atoms with E-state index in [2.05, 4.69) is 10.1 Å². The Labute approximate surface area is 118 Å². The molecule has 0 saturated carbocycles. The fourth-order valence-corrected chi connectivity index (χ4v) is 1.87. The third kappa shape index (κ3) is 6.16. The molecule has 0 aliphatic carbocycles. The van der Waals surface area contributed by atoms with Gasteiger partial charge in [0.2, 0.25) is 5.91 Å². The first-order chi connectivity index (χ1) is 9.31. The molecular weight excluding hydrogens is 293 g/mol. The number of amides is 1. The Morgan fingerprint density at radius 1 is 1.50 bits per heavy atom. The topological polar surface area (TPSA) is 64.4 Å². The van der Waals surface area contributed by atoms with Crippen molar-refractivity contribution in [2.45, 2.75) is 18.8 Å². The highest BCUT2D eigenvalue weighted by molar-refractivity contribution is 7.98. The first kappa shape index (κ1) is 16.6. The van der Waals surface area contributed by atoms with Gasteiger partial charge >= 0.3 is 6.36 Å². The van der Waals surface area contributed by atoms with Crippen LogP contribution < -0.4 is 15.8 Å². The lowest BCUT2D eigenvalue weighted by Crippen LogP contribution is -2.36. The Morgan fingerprint density at radius 3 is 2.80 bits per heavy atom. The van der Waals surface area contributed by atoms with Crippen molar-refractivity contribution in [2.75, 3.05) is 17.3 Å². The third-order valence-electron chi connectivity index (χ3n) is 2.30. The maximum absolute atomic E-state index is 12.1. The quantitative estimate of drug-likeness (QED) is 0.848. The monoisotopic (exact) mass is 308 g/mol. The highest BCUT2D eigenvalue weighted by atomic mass is 32.2. The summed E-state index contributed by atoms with van der Waals surface area (Å²) in [5.41, 5.74) is 5.86. The first-order valence-electron chi connectivity index (χ1n) is 5.73. The molecule has 0 aliphatic heterocycles. The van der Waals surface area contributed by atoms with Gasteiger partial charge in [0, 0.05) is 11.8 Å². The van der Waals surface area contributed by atoms with Gasteiger partial charge in [-0.05, 0) is 30.6 Å².